The first-order valence-electron chi connectivity index (χ1n) is 8.48. The van der Waals surface area contributed by atoms with E-state index in [1.165, 1.54) is 12.8 Å². The Kier molecular flexibility index (Phi) is 3.87. The molecule has 0 radical (unpaired) electrons. The summed E-state index contributed by atoms with van der Waals surface area (Å²) in [6, 6.07) is 2.04. The summed E-state index contributed by atoms with van der Waals surface area (Å²) in [4.78, 5) is 6.65. The van der Waals surface area contributed by atoms with Crippen LogP contribution >= 0.6 is 0 Å². The van der Waals surface area contributed by atoms with Gasteiger partial charge < -0.3 is 9.42 Å². The summed E-state index contributed by atoms with van der Waals surface area (Å²) in [6.45, 7) is 2.64. The zero-order chi connectivity index (χ0) is 16.5. The van der Waals surface area contributed by atoms with Crippen LogP contribution in [0.4, 0.5) is 5.69 Å². The Balaban J connectivity index is 1.58. The molecular weight excluding hydrogens is 306 g/mol. The first kappa shape index (κ1) is 15.0. The Morgan fingerprint density at radius 2 is 2.17 bits per heavy atom. The lowest BCUT2D eigenvalue weighted by Gasteiger charge is -2.18. The molecule has 0 aliphatic heterocycles. The van der Waals surface area contributed by atoms with E-state index in [0.717, 1.165) is 42.2 Å². The van der Waals surface area contributed by atoms with Gasteiger partial charge in [0.05, 0.1) is 17.9 Å². The summed E-state index contributed by atoms with van der Waals surface area (Å²) in [5.41, 5.74) is 2.68. The van der Waals surface area contributed by atoms with E-state index >= 15 is 0 Å². The van der Waals surface area contributed by atoms with E-state index in [9.17, 15) is 0 Å². The fourth-order valence-electron chi connectivity index (χ4n) is 3.28. The maximum Gasteiger partial charge on any atom is 0.229 e. The van der Waals surface area contributed by atoms with E-state index in [4.69, 9.17) is 4.52 Å². The number of aryl methyl sites for hydroxylation is 1. The molecule has 0 saturated heterocycles. The van der Waals surface area contributed by atoms with Crippen molar-refractivity contribution in [3.8, 4) is 0 Å². The van der Waals surface area contributed by atoms with Gasteiger partial charge in [-0.2, -0.15) is 14.6 Å². The highest BCUT2D eigenvalue weighted by Gasteiger charge is 2.23. The molecule has 3 aromatic rings. The van der Waals surface area contributed by atoms with Gasteiger partial charge in [-0.05, 0) is 25.3 Å². The Labute approximate surface area is 139 Å². The molecule has 3 heterocycles. The minimum atomic E-state index is 0.437. The van der Waals surface area contributed by atoms with Crippen molar-refractivity contribution >= 4 is 11.3 Å². The molecule has 0 amide bonds. The van der Waals surface area contributed by atoms with Gasteiger partial charge in [-0.1, -0.05) is 24.9 Å². The van der Waals surface area contributed by atoms with Gasteiger partial charge in [0.2, 0.25) is 11.5 Å². The van der Waals surface area contributed by atoms with Crippen molar-refractivity contribution in [1.82, 2.24) is 30.0 Å². The lowest BCUT2D eigenvalue weighted by atomic mass is 10.1. The van der Waals surface area contributed by atoms with Crippen LogP contribution in [0.1, 0.15) is 55.9 Å². The number of fused-ring (bicyclic) bond motifs is 1. The number of hydrogen-bond donors (Lipinski definition) is 0. The molecule has 0 spiro atoms. The fraction of sp³-hybridized carbons (Fsp3) is 0.562. The van der Waals surface area contributed by atoms with Gasteiger partial charge in [-0.3, -0.25) is 0 Å². The lowest BCUT2D eigenvalue weighted by Crippen LogP contribution is -2.19. The minimum absolute atomic E-state index is 0.437. The molecule has 4 rings (SSSR count). The third-order valence-corrected chi connectivity index (χ3v) is 4.64. The van der Waals surface area contributed by atoms with Crippen LogP contribution < -0.4 is 4.90 Å². The van der Waals surface area contributed by atoms with Crippen LogP contribution in [0.5, 0.6) is 0 Å². The first-order valence-corrected chi connectivity index (χ1v) is 8.48. The lowest BCUT2D eigenvalue weighted by molar-refractivity contribution is 0.350. The van der Waals surface area contributed by atoms with Crippen molar-refractivity contribution < 1.29 is 4.52 Å². The second-order valence-corrected chi connectivity index (χ2v) is 6.36. The Morgan fingerprint density at radius 1 is 1.33 bits per heavy atom. The van der Waals surface area contributed by atoms with Gasteiger partial charge in [-0.25, -0.2) is 0 Å². The van der Waals surface area contributed by atoms with E-state index in [2.05, 4.69) is 37.3 Å². The smallest absolute Gasteiger partial charge is 0.229 e. The Bertz CT molecular complexity index is 834. The summed E-state index contributed by atoms with van der Waals surface area (Å²) in [5.74, 6) is 1.92. The average molecular weight is 327 g/mol. The van der Waals surface area contributed by atoms with E-state index in [1.807, 2.05) is 13.1 Å². The van der Waals surface area contributed by atoms with Crippen molar-refractivity contribution in [2.45, 2.75) is 51.5 Å². The molecule has 1 aliphatic carbocycles. The van der Waals surface area contributed by atoms with Crippen molar-refractivity contribution in [3.63, 3.8) is 0 Å². The van der Waals surface area contributed by atoms with Crippen LogP contribution in [0.15, 0.2) is 16.9 Å². The normalized spacial score (nSPS) is 15.4. The summed E-state index contributed by atoms with van der Waals surface area (Å²) >= 11 is 0. The Morgan fingerprint density at radius 3 is 2.96 bits per heavy atom. The van der Waals surface area contributed by atoms with Crippen LogP contribution in [-0.2, 0) is 13.0 Å². The first-order chi connectivity index (χ1) is 11.7. The molecule has 1 fully saturated rings. The summed E-state index contributed by atoms with van der Waals surface area (Å²) in [6.07, 6.45) is 7.29. The summed E-state index contributed by atoms with van der Waals surface area (Å²) in [5, 5.41) is 16.8. The van der Waals surface area contributed by atoms with E-state index < -0.39 is 0 Å². The molecule has 1 saturated carbocycles. The van der Waals surface area contributed by atoms with E-state index in [1.54, 1.807) is 10.8 Å². The molecule has 0 unspecified atom stereocenters. The summed E-state index contributed by atoms with van der Waals surface area (Å²) in [7, 11) is 2.00. The summed E-state index contributed by atoms with van der Waals surface area (Å²) < 4.78 is 7.18. The second-order valence-electron chi connectivity index (χ2n) is 6.36. The van der Waals surface area contributed by atoms with Crippen LogP contribution in [-0.4, -0.2) is 37.0 Å². The van der Waals surface area contributed by atoms with Crippen LogP contribution in [0, 0.1) is 0 Å². The number of anilines is 1. The SMILES string of the molecule is CCc1cc(N(C)Cc2noc(C3CCCC3)n2)c2nncn2n1. The third-order valence-electron chi connectivity index (χ3n) is 4.64. The van der Waals surface area contributed by atoms with Gasteiger partial charge in [0.25, 0.3) is 0 Å². The van der Waals surface area contributed by atoms with E-state index in [0.29, 0.717) is 18.3 Å². The topological polar surface area (TPSA) is 85.2 Å². The van der Waals surface area contributed by atoms with Crippen LogP contribution in [0.25, 0.3) is 5.65 Å². The monoisotopic (exact) mass is 327 g/mol. The standard InChI is InChI=1S/C16H21N7O/c1-3-12-8-13(15-19-17-10-23(15)20-12)22(2)9-14-18-16(24-21-14)11-6-4-5-7-11/h8,10-11H,3-7,9H2,1-2H3. The molecule has 1 aliphatic rings. The van der Waals surface area contributed by atoms with Crippen LogP contribution in [0.3, 0.4) is 0 Å². The number of aromatic nitrogens is 6. The highest BCUT2D eigenvalue weighted by atomic mass is 16.5. The maximum atomic E-state index is 5.47. The molecule has 8 heteroatoms. The fourth-order valence-corrected chi connectivity index (χ4v) is 3.28. The van der Waals surface area contributed by atoms with Gasteiger partial charge in [-0.15, -0.1) is 10.2 Å². The molecule has 0 bridgehead atoms. The molecule has 0 N–H and O–H groups in total. The zero-order valence-electron chi connectivity index (χ0n) is 14.0. The van der Waals surface area contributed by atoms with Crippen LogP contribution in [0.2, 0.25) is 0 Å². The molecule has 24 heavy (non-hydrogen) atoms. The number of rotatable bonds is 5. The maximum absolute atomic E-state index is 5.47. The molecule has 126 valence electrons. The highest BCUT2D eigenvalue weighted by molar-refractivity contribution is 5.67. The molecule has 3 aromatic heterocycles. The molecule has 0 aromatic carbocycles. The van der Waals surface area contributed by atoms with Gasteiger partial charge in [0, 0.05) is 13.0 Å². The number of nitrogens with zero attached hydrogens (tertiary/aromatic N) is 7. The Hall–Kier alpha value is -2.51. The quantitative estimate of drug-likeness (QED) is 0.711. The van der Waals surface area contributed by atoms with Gasteiger partial charge in [0.1, 0.15) is 6.33 Å². The van der Waals surface area contributed by atoms with Gasteiger partial charge >= 0.3 is 0 Å². The third kappa shape index (κ3) is 2.72. The van der Waals surface area contributed by atoms with Crippen molar-refractivity contribution in [2.24, 2.45) is 0 Å². The predicted molar refractivity (Wildman–Crippen MR) is 87.8 cm³/mol. The largest absolute Gasteiger partial charge is 0.364 e. The number of hydrogen-bond acceptors (Lipinski definition) is 7. The van der Waals surface area contributed by atoms with Crippen molar-refractivity contribution in [3.05, 3.63) is 29.8 Å². The van der Waals surface area contributed by atoms with Gasteiger partial charge in [0.15, 0.2) is 5.82 Å². The zero-order valence-corrected chi connectivity index (χ0v) is 14.0. The molecule has 0 atom stereocenters. The van der Waals surface area contributed by atoms with Crippen molar-refractivity contribution in [2.75, 3.05) is 11.9 Å². The van der Waals surface area contributed by atoms with E-state index in [-0.39, 0.29) is 0 Å². The average Bonchev–Trinajstić information content (AvgIpc) is 3.33. The highest BCUT2D eigenvalue weighted by Crippen LogP contribution is 2.33. The predicted octanol–water partition coefficient (Wildman–Crippen LogP) is 2.36. The second kappa shape index (κ2) is 6.18. The minimum Gasteiger partial charge on any atom is -0.364 e. The van der Waals surface area contributed by atoms with Crippen molar-refractivity contribution in [1.29, 1.82) is 0 Å². The molecular formula is C16H21N7O. The molecule has 8 nitrogen and oxygen atoms in total.